The molecule has 2 aromatic rings. The molecule has 1 unspecified atom stereocenters. The van der Waals surface area contributed by atoms with Crippen LogP contribution in [0.2, 0.25) is 0 Å². The number of rotatable bonds is 3. The van der Waals surface area contributed by atoms with E-state index in [1.165, 1.54) is 17.2 Å². The first-order valence-corrected chi connectivity index (χ1v) is 6.74. The summed E-state index contributed by atoms with van der Waals surface area (Å²) in [6, 6.07) is 12.9. The summed E-state index contributed by atoms with van der Waals surface area (Å²) in [6.45, 7) is 1.32. The number of fused-ring (bicyclic) bond motifs is 1. The molecule has 0 aliphatic carbocycles. The van der Waals surface area contributed by atoms with E-state index < -0.39 is 0 Å². The van der Waals surface area contributed by atoms with Gasteiger partial charge in [-0.1, -0.05) is 36.4 Å². The van der Waals surface area contributed by atoms with Crippen molar-refractivity contribution >= 4 is 11.6 Å². The van der Waals surface area contributed by atoms with Crippen LogP contribution in [0, 0.1) is 5.82 Å². The van der Waals surface area contributed by atoms with Crippen LogP contribution in [0.1, 0.15) is 27.6 Å². The Morgan fingerprint density at radius 1 is 1.11 bits per heavy atom. The zero-order chi connectivity index (χ0) is 13.2. The molecule has 1 nitrogen and oxygen atoms in total. The van der Waals surface area contributed by atoms with Crippen molar-refractivity contribution in [2.75, 3.05) is 0 Å². The third kappa shape index (κ3) is 2.65. The molecule has 1 heterocycles. The smallest absolute Gasteiger partial charge is 0.126 e. The van der Waals surface area contributed by atoms with Crippen LogP contribution < -0.4 is 0 Å². The van der Waals surface area contributed by atoms with Crippen molar-refractivity contribution in [2.24, 2.45) is 0 Å². The Bertz CT molecular complexity index is 597. The van der Waals surface area contributed by atoms with E-state index in [0.29, 0.717) is 25.2 Å². The molecule has 0 spiro atoms. The summed E-state index contributed by atoms with van der Waals surface area (Å²) in [5.74, 6) is -0.197. The van der Waals surface area contributed by atoms with Gasteiger partial charge in [0.25, 0.3) is 0 Å². The van der Waals surface area contributed by atoms with Gasteiger partial charge < -0.3 is 4.74 Å². The zero-order valence-corrected chi connectivity index (χ0v) is 11.2. The number of ether oxygens (including phenoxy) is 1. The Morgan fingerprint density at radius 3 is 2.74 bits per heavy atom. The lowest BCUT2D eigenvalue weighted by atomic mass is 10.00. The van der Waals surface area contributed by atoms with Crippen molar-refractivity contribution in [3.63, 3.8) is 0 Å². The fraction of sp³-hybridized carbons (Fsp3) is 0.250. The van der Waals surface area contributed by atoms with Crippen LogP contribution in [0.4, 0.5) is 4.39 Å². The summed E-state index contributed by atoms with van der Waals surface area (Å²) >= 11 is 6.41. The molecular formula is C16H14ClFO. The molecule has 1 aliphatic heterocycles. The predicted octanol–water partition coefficient (Wildman–Crippen LogP) is 4.38. The minimum Gasteiger partial charge on any atom is -0.372 e. The molecule has 0 amide bonds. The summed E-state index contributed by atoms with van der Waals surface area (Å²) in [6.07, 6.45) is 0.494. The van der Waals surface area contributed by atoms with Gasteiger partial charge >= 0.3 is 0 Å². The Morgan fingerprint density at radius 2 is 1.89 bits per heavy atom. The van der Waals surface area contributed by atoms with Crippen molar-refractivity contribution in [3.05, 3.63) is 70.5 Å². The topological polar surface area (TPSA) is 9.23 Å². The van der Waals surface area contributed by atoms with E-state index in [-0.39, 0.29) is 11.2 Å². The molecule has 1 atom stereocenters. The molecule has 0 aromatic heterocycles. The second-order valence-corrected chi connectivity index (χ2v) is 5.31. The van der Waals surface area contributed by atoms with E-state index in [4.69, 9.17) is 16.3 Å². The van der Waals surface area contributed by atoms with Gasteiger partial charge in [-0.15, -0.1) is 11.6 Å². The summed E-state index contributed by atoms with van der Waals surface area (Å²) in [5, 5.41) is -0.220. The first-order chi connectivity index (χ1) is 9.24. The van der Waals surface area contributed by atoms with Crippen molar-refractivity contribution in [2.45, 2.75) is 25.0 Å². The molecule has 0 saturated heterocycles. The van der Waals surface area contributed by atoms with E-state index in [0.717, 1.165) is 5.56 Å². The predicted molar refractivity (Wildman–Crippen MR) is 73.6 cm³/mol. The van der Waals surface area contributed by atoms with Gasteiger partial charge in [-0.25, -0.2) is 4.39 Å². The zero-order valence-electron chi connectivity index (χ0n) is 10.4. The quantitative estimate of drug-likeness (QED) is 0.756. The van der Waals surface area contributed by atoms with Crippen LogP contribution in [-0.2, 0) is 24.4 Å². The lowest BCUT2D eigenvalue weighted by Crippen LogP contribution is -1.99. The third-order valence-electron chi connectivity index (χ3n) is 3.46. The molecule has 3 heteroatoms. The van der Waals surface area contributed by atoms with E-state index in [2.05, 4.69) is 6.07 Å². The highest BCUT2D eigenvalue weighted by Crippen LogP contribution is 2.30. The van der Waals surface area contributed by atoms with Gasteiger partial charge in [0.2, 0.25) is 0 Å². The van der Waals surface area contributed by atoms with Crippen molar-refractivity contribution in [1.82, 2.24) is 0 Å². The molecule has 19 heavy (non-hydrogen) atoms. The highest BCUT2D eigenvalue weighted by Gasteiger charge is 2.16. The molecule has 1 aliphatic rings. The monoisotopic (exact) mass is 276 g/mol. The van der Waals surface area contributed by atoms with Gasteiger partial charge in [-0.2, -0.15) is 0 Å². The van der Waals surface area contributed by atoms with Crippen LogP contribution in [-0.4, -0.2) is 0 Å². The second-order valence-electron chi connectivity index (χ2n) is 4.78. The number of benzene rings is 2. The molecular weight excluding hydrogens is 263 g/mol. The van der Waals surface area contributed by atoms with Gasteiger partial charge in [-0.05, 0) is 34.7 Å². The normalized spacial score (nSPS) is 15.3. The Kier molecular flexibility index (Phi) is 3.54. The number of alkyl halides is 1. The molecule has 0 bridgehead atoms. The largest absolute Gasteiger partial charge is 0.372 e. The van der Waals surface area contributed by atoms with Gasteiger partial charge in [0, 0.05) is 0 Å². The van der Waals surface area contributed by atoms with E-state index in [1.807, 2.05) is 18.2 Å². The number of halogens is 2. The Labute approximate surface area is 117 Å². The van der Waals surface area contributed by atoms with Gasteiger partial charge in [0.1, 0.15) is 5.82 Å². The molecule has 0 fully saturated rings. The minimum absolute atomic E-state index is 0.197. The maximum atomic E-state index is 13.6. The van der Waals surface area contributed by atoms with E-state index in [1.54, 1.807) is 12.1 Å². The highest BCUT2D eigenvalue weighted by atomic mass is 35.5. The van der Waals surface area contributed by atoms with E-state index >= 15 is 0 Å². The average molecular weight is 277 g/mol. The van der Waals surface area contributed by atoms with E-state index in [9.17, 15) is 4.39 Å². The molecule has 3 rings (SSSR count). The van der Waals surface area contributed by atoms with Crippen molar-refractivity contribution in [1.29, 1.82) is 0 Å². The van der Waals surface area contributed by atoms with Crippen LogP contribution in [0.3, 0.4) is 0 Å². The SMILES string of the molecule is Fc1ccccc1CC(Cl)c1ccc2c(c1)COC2. The fourth-order valence-electron chi connectivity index (χ4n) is 2.36. The van der Waals surface area contributed by atoms with Crippen LogP contribution in [0.25, 0.3) is 0 Å². The molecule has 0 N–H and O–H groups in total. The summed E-state index contributed by atoms with van der Waals surface area (Å²) in [4.78, 5) is 0. The lowest BCUT2D eigenvalue weighted by Gasteiger charge is -2.12. The molecule has 2 aromatic carbocycles. The second kappa shape index (κ2) is 5.32. The minimum atomic E-state index is -0.220. The van der Waals surface area contributed by atoms with Gasteiger partial charge in [0.15, 0.2) is 0 Å². The lowest BCUT2D eigenvalue weighted by molar-refractivity contribution is 0.134. The van der Waals surface area contributed by atoms with Crippen LogP contribution in [0.15, 0.2) is 42.5 Å². The van der Waals surface area contributed by atoms with Crippen LogP contribution in [0.5, 0.6) is 0 Å². The van der Waals surface area contributed by atoms with Crippen LogP contribution >= 0.6 is 11.6 Å². The first-order valence-electron chi connectivity index (χ1n) is 6.31. The van der Waals surface area contributed by atoms with Crippen molar-refractivity contribution < 1.29 is 9.13 Å². The standard InChI is InChI=1S/C16H14ClFO/c17-15(8-12-3-1-2-4-16(12)18)11-5-6-13-9-19-10-14(13)7-11/h1-7,15H,8-10H2. The third-order valence-corrected chi connectivity index (χ3v) is 3.87. The van der Waals surface area contributed by atoms with Gasteiger partial charge in [-0.3, -0.25) is 0 Å². The molecule has 0 saturated carbocycles. The number of hydrogen-bond donors (Lipinski definition) is 0. The Balaban J connectivity index is 1.81. The summed E-state index contributed by atoms with van der Waals surface area (Å²) in [7, 11) is 0. The maximum absolute atomic E-state index is 13.6. The first kappa shape index (κ1) is 12.6. The number of hydrogen-bond acceptors (Lipinski definition) is 1. The van der Waals surface area contributed by atoms with Gasteiger partial charge in [0.05, 0.1) is 18.6 Å². The van der Waals surface area contributed by atoms with Crippen molar-refractivity contribution in [3.8, 4) is 0 Å². The Hall–Kier alpha value is -1.38. The maximum Gasteiger partial charge on any atom is 0.126 e. The average Bonchev–Trinajstić information content (AvgIpc) is 2.88. The molecule has 0 radical (unpaired) electrons. The summed E-state index contributed by atoms with van der Waals surface area (Å²) < 4.78 is 19.0. The molecule has 98 valence electrons. The highest BCUT2D eigenvalue weighted by molar-refractivity contribution is 6.20. The summed E-state index contributed by atoms with van der Waals surface area (Å²) in [5.41, 5.74) is 4.09. The fourth-order valence-corrected chi connectivity index (χ4v) is 2.66.